The first kappa shape index (κ1) is 18.5. The number of benzene rings is 1. The average molecular weight is 396 g/mol. The minimum absolute atomic E-state index is 0.115. The van der Waals surface area contributed by atoms with Crippen LogP contribution >= 0.6 is 11.8 Å². The Morgan fingerprint density at radius 1 is 1.21 bits per heavy atom. The molecule has 7 nitrogen and oxygen atoms in total. The Morgan fingerprint density at radius 3 is 2.57 bits per heavy atom. The van der Waals surface area contributed by atoms with Crippen molar-refractivity contribution in [1.29, 1.82) is 0 Å². The second-order valence-corrected chi connectivity index (χ2v) is 7.51. The maximum Gasteiger partial charge on any atom is 0.338 e. The van der Waals surface area contributed by atoms with Crippen LogP contribution in [0.5, 0.6) is 0 Å². The highest BCUT2D eigenvalue weighted by molar-refractivity contribution is 7.99. The fourth-order valence-electron chi connectivity index (χ4n) is 3.28. The summed E-state index contributed by atoms with van der Waals surface area (Å²) in [6.07, 6.45) is 5.19. The fraction of sp³-hybridized carbons (Fsp3) is 0.300. The van der Waals surface area contributed by atoms with E-state index in [0.717, 1.165) is 18.4 Å². The third-order valence-corrected chi connectivity index (χ3v) is 5.59. The summed E-state index contributed by atoms with van der Waals surface area (Å²) in [5, 5.41) is 3.58. The Hall–Kier alpha value is -2.87. The number of carbonyl (C=O) groups excluding carboxylic acids is 2. The van der Waals surface area contributed by atoms with E-state index >= 15 is 0 Å². The number of rotatable bonds is 6. The number of thioether (sulfide) groups is 1. The number of amides is 2. The SMILES string of the molecule is COC(=O)C1=C(CSc2ncccn2)N(C2CC2)C(=O)NC1c1ccccc1. The number of hydrogen-bond acceptors (Lipinski definition) is 6. The van der Waals surface area contributed by atoms with Crippen LogP contribution in [0, 0.1) is 0 Å². The van der Waals surface area contributed by atoms with E-state index in [1.807, 2.05) is 30.3 Å². The van der Waals surface area contributed by atoms with Crippen LogP contribution in [0.25, 0.3) is 0 Å². The molecule has 28 heavy (non-hydrogen) atoms. The maximum absolute atomic E-state index is 12.9. The third-order valence-electron chi connectivity index (χ3n) is 4.71. The van der Waals surface area contributed by atoms with E-state index in [0.29, 0.717) is 22.2 Å². The molecule has 8 heteroatoms. The highest BCUT2D eigenvalue weighted by Crippen LogP contribution is 2.39. The number of aromatic nitrogens is 2. The van der Waals surface area contributed by atoms with E-state index < -0.39 is 12.0 Å². The zero-order valence-electron chi connectivity index (χ0n) is 15.4. The van der Waals surface area contributed by atoms with Crippen LogP contribution in [0.2, 0.25) is 0 Å². The largest absolute Gasteiger partial charge is 0.466 e. The Bertz CT molecular complexity index is 900. The molecule has 4 rings (SSSR count). The van der Waals surface area contributed by atoms with E-state index in [9.17, 15) is 9.59 Å². The van der Waals surface area contributed by atoms with Crippen LogP contribution in [-0.4, -0.2) is 45.8 Å². The molecule has 2 aromatic rings. The predicted octanol–water partition coefficient (Wildman–Crippen LogP) is 2.92. The minimum atomic E-state index is -0.552. The molecule has 1 saturated carbocycles. The van der Waals surface area contributed by atoms with Crippen molar-refractivity contribution >= 4 is 23.8 Å². The number of esters is 1. The van der Waals surface area contributed by atoms with Crippen molar-refractivity contribution in [1.82, 2.24) is 20.2 Å². The summed E-state index contributed by atoms with van der Waals surface area (Å²) in [5.41, 5.74) is 1.97. The summed E-state index contributed by atoms with van der Waals surface area (Å²) in [4.78, 5) is 35.9. The lowest BCUT2D eigenvalue weighted by Gasteiger charge is -2.36. The molecule has 0 spiro atoms. The minimum Gasteiger partial charge on any atom is -0.466 e. The Kier molecular flexibility index (Phi) is 5.29. The first-order chi connectivity index (χ1) is 13.7. The molecular formula is C20H20N4O3S. The zero-order chi connectivity index (χ0) is 19.5. The van der Waals surface area contributed by atoms with Gasteiger partial charge in [0.2, 0.25) is 0 Å². The van der Waals surface area contributed by atoms with Gasteiger partial charge in [-0.1, -0.05) is 42.1 Å². The van der Waals surface area contributed by atoms with Crippen molar-refractivity contribution in [3.8, 4) is 0 Å². The van der Waals surface area contributed by atoms with E-state index in [4.69, 9.17) is 4.74 Å². The molecule has 1 aliphatic heterocycles. The van der Waals surface area contributed by atoms with Crippen LogP contribution in [0.15, 0.2) is 65.2 Å². The summed E-state index contributed by atoms with van der Waals surface area (Å²) in [5.74, 6) is -0.0362. The number of nitrogens with one attached hydrogen (secondary N) is 1. The summed E-state index contributed by atoms with van der Waals surface area (Å²) >= 11 is 1.40. The number of hydrogen-bond donors (Lipinski definition) is 1. The van der Waals surface area contributed by atoms with Crippen LogP contribution in [0.4, 0.5) is 4.79 Å². The lowest BCUT2D eigenvalue weighted by molar-refractivity contribution is -0.136. The van der Waals surface area contributed by atoms with Crippen molar-refractivity contribution < 1.29 is 14.3 Å². The molecule has 0 radical (unpaired) electrons. The summed E-state index contributed by atoms with van der Waals surface area (Å²) in [6, 6.07) is 10.6. The second kappa shape index (κ2) is 8.02. The van der Waals surface area contributed by atoms with E-state index in [1.54, 1.807) is 23.4 Å². The number of nitrogens with zero attached hydrogens (tertiary/aromatic N) is 3. The highest BCUT2D eigenvalue weighted by atomic mass is 32.2. The molecule has 1 N–H and O–H groups in total. The van der Waals surface area contributed by atoms with Crippen molar-refractivity contribution in [2.24, 2.45) is 0 Å². The molecule has 2 amide bonds. The van der Waals surface area contributed by atoms with Gasteiger partial charge in [-0.2, -0.15) is 0 Å². The molecule has 0 saturated heterocycles. The van der Waals surface area contributed by atoms with Crippen molar-refractivity contribution in [3.63, 3.8) is 0 Å². The topological polar surface area (TPSA) is 84.4 Å². The standard InChI is InChI=1S/C20H20N4O3S/c1-27-18(25)16-15(12-28-19-21-10-5-11-22-19)24(14-8-9-14)20(26)23-17(16)13-6-3-2-4-7-13/h2-7,10-11,14,17H,8-9,12H2,1H3,(H,23,26). The first-order valence-electron chi connectivity index (χ1n) is 9.05. The maximum atomic E-state index is 12.9. The number of ether oxygens (including phenoxy) is 1. The smallest absolute Gasteiger partial charge is 0.338 e. The zero-order valence-corrected chi connectivity index (χ0v) is 16.2. The molecule has 1 unspecified atom stereocenters. The van der Waals surface area contributed by atoms with Crippen molar-refractivity contribution in [2.75, 3.05) is 12.9 Å². The van der Waals surface area contributed by atoms with Gasteiger partial charge in [0.1, 0.15) is 0 Å². The number of carbonyl (C=O) groups is 2. The van der Waals surface area contributed by atoms with Gasteiger partial charge in [-0.25, -0.2) is 19.6 Å². The quantitative estimate of drug-likeness (QED) is 0.459. The second-order valence-electron chi connectivity index (χ2n) is 6.57. The van der Waals surface area contributed by atoms with Crippen LogP contribution in [0.1, 0.15) is 24.4 Å². The van der Waals surface area contributed by atoms with Crippen LogP contribution < -0.4 is 5.32 Å². The Morgan fingerprint density at radius 2 is 1.93 bits per heavy atom. The van der Waals surface area contributed by atoms with Crippen LogP contribution in [-0.2, 0) is 9.53 Å². The van der Waals surface area contributed by atoms with Crippen molar-refractivity contribution in [2.45, 2.75) is 30.1 Å². The number of methoxy groups -OCH3 is 1. The average Bonchev–Trinajstić information content (AvgIpc) is 3.57. The van der Waals surface area contributed by atoms with Gasteiger partial charge in [0.05, 0.1) is 18.7 Å². The molecule has 1 aromatic heterocycles. The third kappa shape index (κ3) is 3.73. The van der Waals surface area contributed by atoms with E-state index in [2.05, 4.69) is 15.3 Å². The van der Waals surface area contributed by atoms with Crippen LogP contribution in [0.3, 0.4) is 0 Å². The summed E-state index contributed by atoms with van der Waals surface area (Å²) in [7, 11) is 1.36. The Balaban J connectivity index is 1.77. The van der Waals surface area contributed by atoms with Gasteiger partial charge in [0.15, 0.2) is 5.16 Å². The van der Waals surface area contributed by atoms with E-state index in [-0.39, 0.29) is 12.1 Å². The van der Waals surface area contributed by atoms with E-state index in [1.165, 1.54) is 18.9 Å². The lowest BCUT2D eigenvalue weighted by Crippen LogP contribution is -2.50. The normalized spacial score (nSPS) is 19.4. The van der Waals surface area contributed by atoms with Gasteiger partial charge in [-0.15, -0.1) is 0 Å². The molecular weight excluding hydrogens is 376 g/mol. The molecule has 1 fully saturated rings. The van der Waals surface area contributed by atoms with Gasteiger partial charge in [0.25, 0.3) is 0 Å². The van der Waals surface area contributed by atoms with Crippen molar-refractivity contribution in [3.05, 3.63) is 65.6 Å². The van der Waals surface area contributed by atoms with Gasteiger partial charge in [-0.3, -0.25) is 4.90 Å². The number of urea groups is 1. The molecule has 2 aliphatic rings. The van der Waals surface area contributed by atoms with Gasteiger partial charge in [0, 0.05) is 29.9 Å². The van der Waals surface area contributed by atoms with Gasteiger partial charge < -0.3 is 10.1 Å². The fourth-order valence-corrected chi connectivity index (χ4v) is 4.12. The summed E-state index contributed by atoms with van der Waals surface area (Å²) in [6.45, 7) is 0. The highest BCUT2D eigenvalue weighted by Gasteiger charge is 2.43. The molecule has 2 heterocycles. The lowest BCUT2D eigenvalue weighted by atomic mass is 9.95. The predicted molar refractivity (Wildman–Crippen MR) is 104 cm³/mol. The first-order valence-corrected chi connectivity index (χ1v) is 10.0. The molecule has 144 valence electrons. The molecule has 0 bridgehead atoms. The van der Waals surface area contributed by atoms with Gasteiger partial charge >= 0.3 is 12.0 Å². The summed E-state index contributed by atoms with van der Waals surface area (Å²) < 4.78 is 5.09. The molecule has 1 atom stereocenters. The Labute approximate surface area is 167 Å². The molecule has 1 aromatic carbocycles. The molecule has 1 aliphatic carbocycles. The monoisotopic (exact) mass is 396 g/mol. The van der Waals surface area contributed by atoms with Gasteiger partial charge in [-0.05, 0) is 24.5 Å².